The SMILES string of the molecule is COc1cc(-c2ccc3c(c2NC(=O)N=[S@@](N)(=O)c2cnn4c2OCCC4)[C@@H](C)C3)ccn1. The van der Waals surface area contributed by atoms with Gasteiger partial charge in [0, 0.05) is 30.8 Å². The summed E-state index contributed by atoms with van der Waals surface area (Å²) in [4.78, 5) is 17.2. The summed E-state index contributed by atoms with van der Waals surface area (Å²) in [5, 5.41) is 13.0. The second kappa shape index (κ2) is 8.16. The molecule has 3 N–H and O–H groups in total. The van der Waals surface area contributed by atoms with Crippen LogP contribution in [0, 0.1) is 0 Å². The van der Waals surface area contributed by atoms with E-state index in [9.17, 15) is 9.00 Å². The highest BCUT2D eigenvalue weighted by Crippen LogP contribution is 2.45. The minimum absolute atomic E-state index is 0.117. The predicted molar refractivity (Wildman–Crippen MR) is 123 cm³/mol. The molecule has 33 heavy (non-hydrogen) atoms. The number of carbonyl (C=O) groups excluding carboxylic acids is 1. The van der Waals surface area contributed by atoms with Gasteiger partial charge in [-0.05, 0) is 35.1 Å². The second-order valence-electron chi connectivity index (χ2n) is 8.08. The number of nitrogens with two attached hydrogens (primary N) is 1. The number of methoxy groups -OCH3 is 1. The van der Waals surface area contributed by atoms with Crippen LogP contribution in [-0.2, 0) is 22.9 Å². The zero-order valence-electron chi connectivity index (χ0n) is 18.3. The van der Waals surface area contributed by atoms with E-state index in [1.165, 1.54) is 6.20 Å². The summed E-state index contributed by atoms with van der Waals surface area (Å²) in [6.07, 6.45) is 4.70. The smallest absolute Gasteiger partial charge is 0.354 e. The van der Waals surface area contributed by atoms with Gasteiger partial charge in [0.25, 0.3) is 0 Å². The van der Waals surface area contributed by atoms with Gasteiger partial charge in [-0.2, -0.15) is 5.10 Å². The zero-order valence-corrected chi connectivity index (χ0v) is 19.1. The average Bonchev–Trinajstić information content (AvgIpc) is 3.23. The van der Waals surface area contributed by atoms with E-state index < -0.39 is 15.9 Å². The van der Waals surface area contributed by atoms with Gasteiger partial charge >= 0.3 is 6.03 Å². The molecule has 1 aromatic carbocycles. The first-order chi connectivity index (χ1) is 15.9. The Morgan fingerprint density at radius 3 is 3.03 bits per heavy atom. The minimum Gasteiger partial charge on any atom is -0.481 e. The minimum atomic E-state index is -3.56. The first kappa shape index (κ1) is 21.4. The molecule has 2 atom stereocenters. The lowest BCUT2D eigenvalue weighted by Gasteiger charge is -2.31. The van der Waals surface area contributed by atoms with Gasteiger partial charge in [-0.15, -0.1) is 4.36 Å². The average molecular weight is 469 g/mol. The normalized spacial score (nSPS) is 18.1. The molecular weight excluding hydrogens is 444 g/mol. The summed E-state index contributed by atoms with van der Waals surface area (Å²) < 4.78 is 29.4. The number of fused-ring (bicyclic) bond motifs is 2. The number of nitrogens with zero attached hydrogens (tertiary/aromatic N) is 4. The van der Waals surface area contributed by atoms with Crippen molar-refractivity contribution in [2.45, 2.75) is 37.1 Å². The van der Waals surface area contributed by atoms with Crippen molar-refractivity contribution in [2.75, 3.05) is 19.0 Å². The molecule has 10 nitrogen and oxygen atoms in total. The lowest BCUT2D eigenvalue weighted by atomic mass is 9.76. The summed E-state index contributed by atoms with van der Waals surface area (Å²) >= 11 is 0. The van der Waals surface area contributed by atoms with Gasteiger partial charge in [-0.3, -0.25) is 0 Å². The van der Waals surface area contributed by atoms with Crippen molar-refractivity contribution in [3.8, 4) is 22.9 Å². The van der Waals surface area contributed by atoms with Gasteiger partial charge in [0.2, 0.25) is 11.8 Å². The summed E-state index contributed by atoms with van der Waals surface area (Å²) in [5.74, 6) is 1.02. The zero-order chi connectivity index (χ0) is 23.2. The molecule has 3 aromatic rings. The lowest BCUT2D eigenvalue weighted by Crippen LogP contribution is -2.23. The Bertz CT molecular complexity index is 1380. The highest BCUT2D eigenvalue weighted by Gasteiger charge is 2.29. The highest BCUT2D eigenvalue weighted by atomic mass is 32.2. The molecule has 2 aromatic heterocycles. The summed E-state index contributed by atoms with van der Waals surface area (Å²) in [5.41, 5.74) is 4.42. The van der Waals surface area contributed by atoms with Gasteiger partial charge in [0.05, 0.1) is 25.6 Å². The summed E-state index contributed by atoms with van der Waals surface area (Å²) in [6, 6.07) is 6.82. The number of carbonyl (C=O) groups is 1. The molecule has 2 aliphatic rings. The predicted octanol–water partition coefficient (Wildman–Crippen LogP) is 3.33. The molecule has 0 unspecified atom stereocenters. The standard InChI is InChI=1S/C22H24N6O4S/c1-13-10-15-4-5-16(14-6-7-24-18(11-14)31-2)20(19(13)15)26-22(29)27-33(23,30)17-12-25-28-8-3-9-32-21(17)28/h4-7,11-13H,3,8-10H2,1-2H3,(H3,23,26,27,29,30)/t13-,33+/m0/s1. The van der Waals surface area contributed by atoms with Crippen LogP contribution in [0.1, 0.15) is 30.4 Å². The third-order valence-corrected chi connectivity index (χ3v) is 7.24. The molecule has 0 saturated carbocycles. The van der Waals surface area contributed by atoms with E-state index in [0.717, 1.165) is 35.1 Å². The topological polar surface area (TPSA) is 134 Å². The molecule has 172 valence electrons. The number of rotatable bonds is 4. The van der Waals surface area contributed by atoms with Crippen LogP contribution in [0.4, 0.5) is 10.5 Å². The molecule has 5 rings (SSSR count). The lowest BCUT2D eigenvalue weighted by molar-refractivity contribution is 0.224. The van der Waals surface area contributed by atoms with Crippen molar-refractivity contribution in [1.29, 1.82) is 0 Å². The number of aryl methyl sites for hydroxylation is 1. The van der Waals surface area contributed by atoms with Crippen LogP contribution in [-0.4, -0.2) is 38.7 Å². The first-order valence-electron chi connectivity index (χ1n) is 10.6. The fourth-order valence-corrected chi connectivity index (χ4v) is 5.32. The number of hydrogen-bond donors (Lipinski definition) is 2. The molecule has 0 saturated heterocycles. The van der Waals surface area contributed by atoms with Crippen molar-refractivity contribution in [3.05, 3.63) is 47.8 Å². The van der Waals surface area contributed by atoms with E-state index in [4.69, 9.17) is 14.6 Å². The fourth-order valence-electron chi connectivity index (χ4n) is 4.32. The number of amides is 2. The van der Waals surface area contributed by atoms with Crippen LogP contribution < -0.4 is 19.9 Å². The highest BCUT2D eigenvalue weighted by molar-refractivity contribution is 7.91. The Hall–Kier alpha value is -3.44. The molecule has 0 bridgehead atoms. The van der Waals surface area contributed by atoms with Crippen LogP contribution in [0.15, 0.2) is 45.9 Å². The second-order valence-corrected chi connectivity index (χ2v) is 9.84. The number of nitrogens with one attached hydrogen (secondary N) is 1. The maximum Gasteiger partial charge on any atom is 0.354 e. The molecule has 3 heterocycles. The van der Waals surface area contributed by atoms with Crippen molar-refractivity contribution >= 4 is 21.6 Å². The largest absolute Gasteiger partial charge is 0.481 e. The molecule has 2 amide bonds. The van der Waals surface area contributed by atoms with E-state index in [1.807, 2.05) is 18.2 Å². The van der Waals surface area contributed by atoms with Gasteiger partial charge in [-0.25, -0.2) is 23.8 Å². The van der Waals surface area contributed by atoms with E-state index >= 15 is 0 Å². The fraction of sp³-hybridized carbons (Fsp3) is 0.318. The Labute approximate surface area is 191 Å². The van der Waals surface area contributed by atoms with Gasteiger partial charge < -0.3 is 14.8 Å². The van der Waals surface area contributed by atoms with Gasteiger partial charge in [0.1, 0.15) is 4.90 Å². The van der Waals surface area contributed by atoms with E-state index in [1.54, 1.807) is 24.1 Å². The van der Waals surface area contributed by atoms with Gasteiger partial charge in [-0.1, -0.05) is 19.1 Å². The molecule has 1 aliphatic carbocycles. The Morgan fingerprint density at radius 1 is 1.39 bits per heavy atom. The maximum atomic E-state index is 13.2. The molecule has 0 spiro atoms. The third kappa shape index (κ3) is 3.83. The van der Waals surface area contributed by atoms with Crippen LogP contribution in [0.25, 0.3) is 11.1 Å². The molecule has 0 fully saturated rings. The van der Waals surface area contributed by atoms with Crippen molar-refractivity contribution < 1.29 is 18.5 Å². The number of hydrogen-bond acceptors (Lipinski definition) is 6. The Morgan fingerprint density at radius 2 is 2.24 bits per heavy atom. The quantitative estimate of drug-likeness (QED) is 0.603. The first-order valence-corrected chi connectivity index (χ1v) is 12.2. The molecular formula is C22H24N6O4S. The van der Waals surface area contributed by atoms with E-state index in [0.29, 0.717) is 30.6 Å². The van der Waals surface area contributed by atoms with Crippen LogP contribution in [0.3, 0.4) is 0 Å². The Kier molecular flexibility index (Phi) is 5.29. The monoisotopic (exact) mass is 468 g/mol. The molecule has 11 heteroatoms. The number of urea groups is 1. The molecule has 0 radical (unpaired) electrons. The van der Waals surface area contributed by atoms with Crippen LogP contribution in [0.5, 0.6) is 11.8 Å². The maximum absolute atomic E-state index is 13.2. The van der Waals surface area contributed by atoms with Crippen molar-refractivity contribution in [3.63, 3.8) is 0 Å². The summed E-state index contributed by atoms with van der Waals surface area (Å²) in [7, 11) is -2.01. The van der Waals surface area contributed by atoms with Gasteiger partial charge in [0.15, 0.2) is 9.92 Å². The number of ether oxygens (including phenoxy) is 2. The third-order valence-electron chi connectivity index (χ3n) is 5.89. The van der Waals surface area contributed by atoms with E-state index in [-0.39, 0.29) is 10.8 Å². The van der Waals surface area contributed by atoms with Crippen molar-refractivity contribution in [1.82, 2.24) is 14.8 Å². The van der Waals surface area contributed by atoms with Crippen LogP contribution >= 0.6 is 0 Å². The molecule has 1 aliphatic heterocycles. The van der Waals surface area contributed by atoms with Crippen molar-refractivity contribution in [2.24, 2.45) is 9.50 Å². The number of benzene rings is 1. The number of pyridine rings is 1. The number of aromatic nitrogens is 3. The summed E-state index contributed by atoms with van der Waals surface area (Å²) in [6.45, 7) is 3.19. The number of anilines is 1. The van der Waals surface area contributed by atoms with E-state index in [2.05, 4.69) is 26.7 Å². The Balaban J connectivity index is 1.53. The van der Waals surface area contributed by atoms with Crippen LogP contribution in [0.2, 0.25) is 0 Å².